The number of nitrogens with zero attached hydrogens (tertiary/aromatic N) is 1. The van der Waals surface area contributed by atoms with Gasteiger partial charge in [-0.05, 0) is 24.3 Å². The second-order valence-corrected chi connectivity index (χ2v) is 4.67. The Morgan fingerprint density at radius 1 is 1.24 bits per heavy atom. The summed E-state index contributed by atoms with van der Waals surface area (Å²) in [4.78, 5) is 10.1. The second-order valence-electron chi connectivity index (χ2n) is 4.23. The maximum absolute atomic E-state index is 13.5. The van der Waals surface area contributed by atoms with Crippen LogP contribution in [-0.4, -0.2) is 10.0 Å². The first-order valence-electron chi connectivity index (χ1n) is 5.96. The van der Waals surface area contributed by atoms with Crippen molar-refractivity contribution in [1.29, 1.82) is 0 Å². The molecular formula is C14H11ClFNO4. The van der Waals surface area contributed by atoms with E-state index in [1.54, 1.807) is 0 Å². The van der Waals surface area contributed by atoms with Crippen LogP contribution in [0.1, 0.15) is 11.1 Å². The number of ether oxygens (including phenoxy) is 1. The summed E-state index contributed by atoms with van der Waals surface area (Å²) in [6, 6.07) is 7.91. The van der Waals surface area contributed by atoms with E-state index in [0.29, 0.717) is 5.02 Å². The first-order chi connectivity index (χ1) is 10.0. The van der Waals surface area contributed by atoms with Gasteiger partial charge in [0.15, 0.2) is 0 Å². The number of nitro groups is 1. The predicted octanol–water partition coefficient (Wildman–Crippen LogP) is 3.46. The molecular weight excluding hydrogens is 301 g/mol. The fourth-order valence-corrected chi connectivity index (χ4v) is 1.95. The first kappa shape index (κ1) is 15.2. The Bertz CT molecular complexity index is 678. The summed E-state index contributed by atoms with van der Waals surface area (Å²) >= 11 is 5.78. The van der Waals surface area contributed by atoms with Crippen molar-refractivity contribution in [3.63, 3.8) is 0 Å². The van der Waals surface area contributed by atoms with Gasteiger partial charge < -0.3 is 9.84 Å². The molecule has 0 aliphatic heterocycles. The lowest BCUT2D eigenvalue weighted by molar-refractivity contribution is -0.385. The van der Waals surface area contributed by atoms with Gasteiger partial charge in [0.05, 0.1) is 11.5 Å². The molecule has 2 rings (SSSR count). The summed E-state index contributed by atoms with van der Waals surface area (Å²) in [5.74, 6) is -0.214. The van der Waals surface area contributed by atoms with E-state index in [1.807, 2.05) is 0 Å². The molecule has 2 aromatic carbocycles. The summed E-state index contributed by atoms with van der Waals surface area (Å²) in [5, 5.41) is 20.3. The third kappa shape index (κ3) is 3.68. The molecule has 0 atom stereocenters. The van der Waals surface area contributed by atoms with E-state index in [0.717, 1.165) is 0 Å². The molecule has 0 saturated carbocycles. The number of non-ortho nitro benzene ring substituents is 1. The zero-order valence-corrected chi connectivity index (χ0v) is 11.5. The lowest BCUT2D eigenvalue weighted by atomic mass is 10.2. The number of hydrogen-bond acceptors (Lipinski definition) is 4. The standard InChI is InChI=1S/C14H11ClFNO4/c15-11-1-3-13(16)10(5-11)8-21-14-4-2-12(17(19)20)6-9(14)7-18/h1-6,18H,7-8H2. The van der Waals surface area contributed by atoms with E-state index < -0.39 is 17.3 Å². The molecule has 0 radical (unpaired) electrons. The van der Waals surface area contributed by atoms with Crippen LogP contribution in [0.15, 0.2) is 36.4 Å². The molecule has 0 aliphatic rings. The predicted molar refractivity (Wildman–Crippen MR) is 74.8 cm³/mol. The Labute approximate surface area is 124 Å². The summed E-state index contributed by atoms with van der Waals surface area (Å²) in [6.45, 7) is -0.522. The van der Waals surface area contributed by atoms with Crippen LogP contribution in [0, 0.1) is 15.9 Å². The van der Waals surface area contributed by atoms with Gasteiger partial charge in [0, 0.05) is 28.3 Å². The lowest BCUT2D eigenvalue weighted by Crippen LogP contribution is -2.02. The number of nitro benzene ring substituents is 1. The van der Waals surface area contributed by atoms with Crippen molar-refractivity contribution < 1.29 is 19.2 Å². The lowest BCUT2D eigenvalue weighted by Gasteiger charge is -2.10. The monoisotopic (exact) mass is 311 g/mol. The number of rotatable bonds is 5. The van der Waals surface area contributed by atoms with Gasteiger partial charge in [0.25, 0.3) is 5.69 Å². The largest absolute Gasteiger partial charge is 0.488 e. The van der Waals surface area contributed by atoms with Gasteiger partial charge in [-0.2, -0.15) is 0 Å². The van der Waals surface area contributed by atoms with Crippen molar-refractivity contribution in [3.05, 3.63) is 68.5 Å². The van der Waals surface area contributed by atoms with E-state index >= 15 is 0 Å². The van der Waals surface area contributed by atoms with Crippen molar-refractivity contribution >= 4 is 17.3 Å². The molecule has 1 N–H and O–H groups in total. The highest BCUT2D eigenvalue weighted by Gasteiger charge is 2.12. The third-order valence-electron chi connectivity index (χ3n) is 2.82. The fraction of sp³-hybridized carbons (Fsp3) is 0.143. The Hall–Kier alpha value is -2.18. The highest BCUT2D eigenvalue weighted by molar-refractivity contribution is 6.30. The number of aliphatic hydroxyl groups is 1. The Morgan fingerprint density at radius 2 is 2.00 bits per heavy atom. The van der Waals surface area contributed by atoms with Gasteiger partial charge in [-0.3, -0.25) is 10.1 Å². The molecule has 0 aromatic heterocycles. The topological polar surface area (TPSA) is 72.6 Å². The number of hydrogen-bond donors (Lipinski definition) is 1. The third-order valence-corrected chi connectivity index (χ3v) is 3.05. The van der Waals surface area contributed by atoms with Gasteiger partial charge in [0.2, 0.25) is 0 Å². The van der Waals surface area contributed by atoms with Gasteiger partial charge in [-0.25, -0.2) is 4.39 Å². The van der Waals surface area contributed by atoms with Crippen LogP contribution in [0.25, 0.3) is 0 Å². The highest BCUT2D eigenvalue weighted by Crippen LogP contribution is 2.25. The SMILES string of the molecule is O=[N+]([O-])c1ccc(OCc2cc(Cl)ccc2F)c(CO)c1. The number of halogens is 2. The number of aliphatic hydroxyl groups excluding tert-OH is 1. The van der Waals surface area contributed by atoms with Gasteiger partial charge >= 0.3 is 0 Å². The zero-order valence-electron chi connectivity index (χ0n) is 10.8. The molecule has 0 spiro atoms. The smallest absolute Gasteiger partial charge is 0.270 e. The van der Waals surface area contributed by atoms with Crippen LogP contribution in [0.2, 0.25) is 5.02 Å². The van der Waals surface area contributed by atoms with Crippen molar-refractivity contribution in [2.24, 2.45) is 0 Å². The van der Waals surface area contributed by atoms with Crippen LogP contribution in [0.5, 0.6) is 5.75 Å². The zero-order chi connectivity index (χ0) is 15.4. The number of benzene rings is 2. The fourth-order valence-electron chi connectivity index (χ4n) is 1.75. The van der Waals surface area contributed by atoms with Crippen LogP contribution < -0.4 is 4.74 Å². The molecule has 0 saturated heterocycles. The Balaban J connectivity index is 2.19. The van der Waals surface area contributed by atoms with Crippen molar-refractivity contribution in [3.8, 4) is 5.75 Å². The molecule has 0 heterocycles. The van der Waals surface area contributed by atoms with E-state index in [9.17, 15) is 19.6 Å². The molecule has 110 valence electrons. The van der Waals surface area contributed by atoms with E-state index in [1.165, 1.54) is 36.4 Å². The first-order valence-corrected chi connectivity index (χ1v) is 6.34. The average Bonchev–Trinajstić information content (AvgIpc) is 2.47. The quantitative estimate of drug-likeness (QED) is 0.678. The summed E-state index contributed by atoms with van der Waals surface area (Å²) in [7, 11) is 0. The molecule has 2 aromatic rings. The second kappa shape index (κ2) is 6.51. The minimum Gasteiger partial charge on any atom is -0.488 e. The summed E-state index contributed by atoms with van der Waals surface area (Å²) in [6.07, 6.45) is 0. The molecule has 7 heteroatoms. The van der Waals surface area contributed by atoms with Crippen LogP contribution in [-0.2, 0) is 13.2 Å². The van der Waals surface area contributed by atoms with Crippen molar-refractivity contribution in [2.45, 2.75) is 13.2 Å². The van der Waals surface area contributed by atoms with Crippen LogP contribution in [0.3, 0.4) is 0 Å². The molecule has 0 amide bonds. The maximum Gasteiger partial charge on any atom is 0.270 e. The molecule has 0 bridgehead atoms. The van der Waals surface area contributed by atoms with Gasteiger partial charge in [0.1, 0.15) is 18.2 Å². The maximum atomic E-state index is 13.5. The average molecular weight is 312 g/mol. The highest BCUT2D eigenvalue weighted by atomic mass is 35.5. The molecule has 0 fully saturated rings. The van der Waals surface area contributed by atoms with Gasteiger partial charge in [-0.1, -0.05) is 11.6 Å². The normalized spacial score (nSPS) is 10.4. The van der Waals surface area contributed by atoms with Crippen LogP contribution >= 0.6 is 11.6 Å². The minimum atomic E-state index is -0.570. The summed E-state index contributed by atoms with van der Waals surface area (Å²) in [5.41, 5.74) is 0.358. The molecule has 21 heavy (non-hydrogen) atoms. The van der Waals surface area contributed by atoms with E-state index in [2.05, 4.69) is 0 Å². The molecule has 0 aliphatic carbocycles. The minimum absolute atomic E-state index is 0.1000. The van der Waals surface area contributed by atoms with Crippen LogP contribution in [0.4, 0.5) is 10.1 Å². The van der Waals surface area contributed by atoms with E-state index in [-0.39, 0.29) is 29.2 Å². The summed E-state index contributed by atoms with van der Waals surface area (Å²) < 4.78 is 19.0. The van der Waals surface area contributed by atoms with Crippen molar-refractivity contribution in [1.82, 2.24) is 0 Å². The molecule has 5 nitrogen and oxygen atoms in total. The van der Waals surface area contributed by atoms with Crippen molar-refractivity contribution in [2.75, 3.05) is 0 Å². The Morgan fingerprint density at radius 3 is 2.67 bits per heavy atom. The van der Waals surface area contributed by atoms with E-state index in [4.69, 9.17) is 16.3 Å². The Kier molecular flexibility index (Phi) is 4.72. The molecule has 0 unspecified atom stereocenters. The van der Waals surface area contributed by atoms with Gasteiger partial charge in [-0.15, -0.1) is 0 Å².